The highest BCUT2D eigenvalue weighted by molar-refractivity contribution is 6.33. The first-order chi connectivity index (χ1) is 16.3. The van der Waals surface area contributed by atoms with E-state index in [0.717, 1.165) is 39.3 Å². The number of rotatable bonds is 6. The van der Waals surface area contributed by atoms with Gasteiger partial charge in [0.05, 0.1) is 10.2 Å². The Morgan fingerprint density at radius 2 is 0.606 bits per heavy atom. The Kier molecular flexibility index (Phi) is 6.05. The molecule has 2 nitrogen and oxygen atoms in total. The van der Waals surface area contributed by atoms with Crippen LogP contribution in [0.4, 0.5) is 34.1 Å². The molecule has 33 heavy (non-hydrogen) atoms. The molecule has 0 aromatic heterocycles. The number of nitrogens with zero attached hydrogens (tertiary/aromatic N) is 2. The van der Waals surface area contributed by atoms with Crippen molar-refractivity contribution in [3.63, 3.8) is 0 Å². The Morgan fingerprint density at radius 1 is 0.333 bits per heavy atom. The average Bonchev–Trinajstić information content (AvgIpc) is 2.87. The molecule has 0 atom stereocenters. The zero-order chi connectivity index (χ0) is 22.5. The Labute approximate surface area is 198 Å². The molecule has 0 aliphatic heterocycles. The van der Waals surface area contributed by atoms with Gasteiger partial charge in [-0.05, 0) is 66.7 Å². The molecule has 5 aromatic carbocycles. The summed E-state index contributed by atoms with van der Waals surface area (Å²) in [7, 11) is 3.85. The van der Waals surface area contributed by atoms with Gasteiger partial charge in [-0.15, -0.1) is 0 Å². The molecule has 3 radical (unpaired) electrons. The molecule has 0 unspecified atom stereocenters. The Balaban J connectivity index is 1.69. The van der Waals surface area contributed by atoms with Crippen molar-refractivity contribution in [3.05, 3.63) is 140 Å². The molecule has 5 rings (SSSR count). The second-order valence-electron chi connectivity index (χ2n) is 7.75. The molecule has 0 fully saturated rings. The van der Waals surface area contributed by atoms with Crippen LogP contribution in [0.15, 0.2) is 140 Å². The lowest BCUT2D eigenvalue weighted by Gasteiger charge is -2.30. The number of benzene rings is 5. The van der Waals surface area contributed by atoms with E-state index in [2.05, 4.69) is 135 Å². The molecule has 157 valence electrons. The van der Waals surface area contributed by atoms with E-state index in [1.807, 2.05) is 24.3 Å². The van der Waals surface area contributed by atoms with Crippen molar-refractivity contribution in [3.8, 4) is 0 Å². The molecule has 0 N–H and O–H groups in total. The van der Waals surface area contributed by atoms with Crippen LogP contribution in [0.2, 0.25) is 0 Å². The molecule has 0 amide bonds. The van der Waals surface area contributed by atoms with Crippen LogP contribution in [0, 0.1) is 0 Å². The molecule has 0 bridgehead atoms. The minimum Gasteiger partial charge on any atom is -0.310 e. The van der Waals surface area contributed by atoms with E-state index in [1.165, 1.54) is 0 Å². The molecule has 0 heterocycles. The van der Waals surface area contributed by atoms with Gasteiger partial charge in [0, 0.05) is 34.1 Å². The van der Waals surface area contributed by atoms with Gasteiger partial charge >= 0.3 is 0 Å². The summed E-state index contributed by atoms with van der Waals surface area (Å²) in [5.41, 5.74) is 6.59. The smallest absolute Gasteiger partial charge is 0.0713 e. The van der Waals surface area contributed by atoms with Crippen LogP contribution < -0.4 is 15.0 Å². The molecule has 3 heteroatoms. The Bertz CT molecular complexity index is 1130. The van der Waals surface area contributed by atoms with E-state index >= 15 is 0 Å². The maximum absolute atomic E-state index is 3.85. The van der Waals surface area contributed by atoms with Crippen molar-refractivity contribution in [1.29, 1.82) is 0 Å². The summed E-state index contributed by atoms with van der Waals surface area (Å²) in [5, 5.41) is 1.01. The van der Waals surface area contributed by atoms with Crippen molar-refractivity contribution in [2.75, 3.05) is 9.80 Å². The minimum atomic E-state index is 1.01. The van der Waals surface area contributed by atoms with Crippen LogP contribution in [-0.4, -0.2) is 10.2 Å². The normalized spacial score (nSPS) is 10.6. The highest BCUT2D eigenvalue weighted by Gasteiger charge is 2.17. The van der Waals surface area contributed by atoms with Crippen LogP contribution in [0.3, 0.4) is 0 Å². The number of hydrogen-bond acceptors (Lipinski definition) is 2. The zero-order valence-electron chi connectivity index (χ0n) is 18.2. The lowest BCUT2D eigenvalue weighted by Crippen LogP contribution is -2.17. The van der Waals surface area contributed by atoms with E-state index in [1.54, 1.807) is 0 Å². The van der Waals surface area contributed by atoms with Gasteiger partial charge in [-0.1, -0.05) is 78.0 Å². The number of hydrogen-bond donors (Lipinski definition) is 0. The highest BCUT2D eigenvalue weighted by atomic mass is 28.1. The zero-order valence-corrected chi connectivity index (χ0v) is 19.2. The SMILES string of the molecule is [Si]c1cc(N(c2ccccc2)c2ccccc2)cc(N(c2ccccc2)c2ccccc2)c1. The second kappa shape index (κ2) is 9.59. The standard InChI is InChI=1S/C30H23N2Si/c33-30-22-28(31(24-13-5-1-6-14-24)25-15-7-2-8-16-25)21-29(23-30)32(26-17-9-3-10-18-26)27-19-11-4-12-20-27/h1-23H. The lowest BCUT2D eigenvalue weighted by molar-refractivity contribution is 1.25. The van der Waals surface area contributed by atoms with E-state index < -0.39 is 0 Å². The second-order valence-corrected chi connectivity index (χ2v) is 8.33. The van der Waals surface area contributed by atoms with Crippen molar-refractivity contribution in [1.82, 2.24) is 0 Å². The first-order valence-electron chi connectivity index (χ1n) is 11.0. The molecule has 0 saturated heterocycles. The predicted octanol–water partition coefficient (Wildman–Crippen LogP) is 7.42. The van der Waals surface area contributed by atoms with Gasteiger partial charge in [-0.2, -0.15) is 0 Å². The molecule has 0 aliphatic rings. The van der Waals surface area contributed by atoms with Crippen LogP contribution in [-0.2, 0) is 0 Å². The first-order valence-corrected chi connectivity index (χ1v) is 11.5. The summed E-state index contributed by atoms with van der Waals surface area (Å²) >= 11 is 0. The third-order valence-electron chi connectivity index (χ3n) is 5.48. The summed E-state index contributed by atoms with van der Waals surface area (Å²) < 4.78 is 0. The number of anilines is 6. The van der Waals surface area contributed by atoms with Crippen LogP contribution >= 0.6 is 0 Å². The Hall–Kier alpha value is -4.08. The van der Waals surface area contributed by atoms with Gasteiger partial charge in [-0.3, -0.25) is 0 Å². The van der Waals surface area contributed by atoms with E-state index in [9.17, 15) is 0 Å². The highest BCUT2D eigenvalue weighted by Crippen LogP contribution is 2.39. The summed E-state index contributed by atoms with van der Waals surface area (Å²) in [4.78, 5) is 4.56. The molecule has 5 aromatic rings. The third-order valence-corrected chi connectivity index (χ3v) is 5.77. The topological polar surface area (TPSA) is 6.48 Å². The quantitative estimate of drug-likeness (QED) is 0.254. The maximum atomic E-state index is 3.85. The van der Waals surface area contributed by atoms with Crippen LogP contribution in [0.25, 0.3) is 0 Å². The van der Waals surface area contributed by atoms with E-state index in [4.69, 9.17) is 0 Å². The summed E-state index contributed by atoms with van der Waals surface area (Å²) in [6.07, 6.45) is 0. The maximum Gasteiger partial charge on any atom is 0.0713 e. The Morgan fingerprint density at radius 3 is 0.879 bits per heavy atom. The first kappa shape index (κ1) is 20.8. The summed E-state index contributed by atoms with van der Waals surface area (Å²) in [6.45, 7) is 0. The molecule has 0 saturated carbocycles. The molecule has 0 spiro atoms. The van der Waals surface area contributed by atoms with E-state index in [-0.39, 0.29) is 0 Å². The molecular formula is C30H23N2Si. The van der Waals surface area contributed by atoms with Crippen LogP contribution in [0.1, 0.15) is 0 Å². The van der Waals surface area contributed by atoms with Gasteiger partial charge in [0.2, 0.25) is 0 Å². The van der Waals surface area contributed by atoms with Gasteiger partial charge in [0.25, 0.3) is 0 Å². The van der Waals surface area contributed by atoms with Gasteiger partial charge in [-0.25, -0.2) is 0 Å². The van der Waals surface area contributed by atoms with Gasteiger partial charge < -0.3 is 9.80 Å². The van der Waals surface area contributed by atoms with Crippen molar-refractivity contribution < 1.29 is 0 Å². The number of para-hydroxylation sites is 4. The van der Waals surface area contributed by atoms with Crippen molar-refractivity contribution >= 4 is 49.6 Å². The fraction of sp³-hybridized carbons (Fsp3) is 0. The van der Waals surface area contributed by atoms with Crippen molar-refractivity contribution in [2.24, 2.45) is 0 Å². The average molecular weight is 440 g/mol. The lowest BCUT2D eigenvalue weighted by atomic mass is 10.1. The largest absolute Gasteiger partial charge is 0.310 e. The van der Waals surface area contributed by atoms with Crippen molar-refractivity contribution in [2.45, 2.75) is 0 Å². The van der Waals surface area contributed by atoms with Gasteiger partial charge in [0.1, 0.15) is 0 Å². The fourth-order valence-corrected chi connectivity index (χ4v) is 4.35. The molecule has 0 aliphatic carbocycles. The minimum absolute atomic E-state index is 1.01. The van der Waals surface area contributed by atoms with Gasteiger partial charge in [0.15, 0.2) is 0 Å². The fourth-order valence-electron chi connectivity index (χ4n) is 4.06. The van der Waals surface area contributed by atoms with Crippen LogP contribution in [0.5, 0.6) is 0 Å². The van der Waals surface area contributed by atoms with E-state index in [0.29, 0.717) is 0 Å². The third kappa shape index (κ3) is 4.59. The summed E-state index contributed by atoms with van der Waals surface area (Å²) in [5.74, 6) is 0. The monoisotopic (exact) mass is 439 g/mol. The predicted molar refractivity (Wildman–Crippen MR) is 141 cm³/mol. The summed E-state index contributed by atoms with van der Waals surface area (Å²) in [6, 6.07) is 48.4. The molecular weight excluding hydrogens is 416 g/mol.